The van der Waals surface area contributed by atoms with E-state index in [0.29, 0.717) is 6.54 Å². The topological polar surface area (TPSA) is 51.2 Å². The van der Waals surface area contributed by atoms with Gasteiger partial charge in [0.1, 0.15) is 0 Å². The maximum absolute atomic E-state index is 6.00. The van der Waals surface area contributed by atoms with E-state index in [1.807, 2.05) is 66.8 Å². The van der Waals surface area contributed by atoms with Crippen molar-refractivity contribution in [3.63, 3.8) is 0 Å². The quantitative estimate of drug-likeness (QED) is 0.411. The Morgan fingerprint density at radius 1 is 0.967 bits per heavy atom. The summed E-state index contributed by atoms with van der Waals surface area (Å²) in [5.41, 5.74) is 5.98. The van der Waals surface area contributed by atoms with Crippen LogP contribution in [-0.4, -0.2) is 31.2 Å². The van der Waals surface area contributed by atoms with Crippen LogP contribution in [0.2, 0.25) is 5.02 Å². The summed E-state index contributed by atoms with van der Waals surface area (Å²) in [5, 5.41) is 5.01. The molecular formula is C23H19ClN6. The average Bonchev–Trinajstić information content (AvgIpc) is 3.44. The van der Waals surface area contributed by atoms with Gasteiger partial charge in [0.05, 0.1) is 36.0 Å². The Hall–Kier alpha value is -3.64. The lowest BCUT2D eigenvalue weighted by molar-refractivity contribution is 0.869. The molecule has 5 aromatic rings. The molecule has 0 unspecified atom stereocenters. The third kappa shape index (κ3) is 3.53. The van der Waals surface area contributed by atoms with Crippen molar-refractivity contribution in [2.75, 3.05) is 11.9 Å². The van der Waals surface area contributed by atoms with Crippen LogP contribution in [-0.2, 0) is 6.54 Å². The molecular weight excluding hydrogens is 396 g/mol. The van der Waals surface area contributed by atoms with Crippen molar-refractivity contribution in [1.29, 1.82) is 0 Å². The Kier molecular flexibility index (Phi) is 4.69. The maximum atomic E-state index is 6.00. The average molecular weight is 415 g/mol. The predicted octanol–water partition coefficient (Wildman–Crippen LogP) is 4.87. The molecule has 5 rings (SSSR count). The van der Waals surface area contributed by atoms with E-state index in [-0.39, 0.29) is 0 Å². The first-order valence-corrected chi connectivity index (χ1v) is 9.94. The van der Waals surface area contributed by atoms with Gasteiger partial charge in [-0.2, -0.15) is 5.10 Å². The second kappa shape index (κ2) is 7.65. The van der Waals surface area contributed by atoms with Crippen LogP contribution in [0.5, 0.6) is 0 Å². The third-order valence-corrected chi connectivity index (χ3v) is 5.30. The number of aromatic nitrogens is 5. The normalized spacial score (nSPS) is 11.1. The molecule has 6 nitrogen and oxygen atoms in total. The van der Waals surface area contributed by atoms with Gasteiger partial charge in [-0.25, -0.2) is 9.67 Å². The van der Waals surface area contributed by atoms with Gasteiger partial charge >= 0.3 is 0 Å². The summed E-state index contributed by atoms with van der Waals surface area (Å²) < 4.78 is 3.92. The first-order valence-electron chi connectivity index (χ1n) is 9.56. The summed E-state index contributed by atoms with van der Waals surface area (Å²) in [6.07, 6.45) is 9.44. The van der Waals surface area contributed by atoms with Gasteiger partial charge < -0.3 is 4.90 Å². The summed E-state index contributed by atoms with van der Waals surface area (Å²) in [4.78, 5) is 11.2. The molecule has 30 heavy (non-hydrogen) atoms. The van der Waals surface area contributed by atoms with Crippen LogP contribution in [0.1, 0.15) is 5.69 Å². The van der Waals surface area contributed by atoms with E-state index in [9.17, 15) is 0 Å². The second-order valence-electron chi connectivity index (χ2n) is 7.08. The molecule has 3 heterocycles. The Bertz CT molecular complexity index is 1270. The van der Waals surface area contributed by atoms with E-state index in [1.54, 1.807) is 6.20 Å². The number of nitrogens with zero attached hydrogens (tertiary/aromatic N) is 6. The van der Waals surface area contributed by atoms with Gasteiger partial charge in [0.2, 0.25) is 0 Å². The molecule has 0 fully saturated rings. The number of halogens is 1. The number of anilines is 1. The van der Waals surface area contributed by atoms with E-state index in [1.165, 1.54) is 0 Å². The lowest BCUT2D eigenvalue weighted by atomic mass is 10.1. The van der Waals surface area contributed by atoms with Crippen molar-refractivity contribution in [2.24, 2.45) is 0 Å². The number of fused-ring (bicyclic) bond motifs is 1. The smallest absolute Gasteiger partial charge is 0.155 e. The van der Waals surface area contributed by atoms with Crippen LogP contribution in [0.15, 0.2) is 85.6 Å². The molecule has 0 aliphatic rings. The molecule has 0 N–H and O–H groups in total. The van der Waals surface area contributed by atoms with Gasteiger partial charge in [0.15, 0.2) is 5.65 Å². The largest absolute Gasteiger partial charge is 0.369 e. The molecule has 0 aliphatic carbocycles. The van der Waals surface area contributed by atoms with Gasteiger partial charge in [-0.1, -0.05) is 23.7 Å². The molecule has 0 atom stereocenters. The van der Waals surface area contributed by atoms with Gasteiger partial charge in [0, 0.05) is 41.9 Å². The third-order valence-electron chi connectivity index (χ3n) is 5.05. The van der Waals surface area contributed by atoms with Crippen LogP contribution in [0.4, 0.5) is 5.69 Å². The summed E-state index contributed by atoms with van der Waals surface area (Å²) in [6, 6.07) is 18.0. The predicted molar refractivity (Wildman–Crippen MR) is 119 cm³/mol. The van der Waals surface area contributed by atoms with Gasteiger partial charge in [-0.05, 0) is 42.5 Å². The van der Waals surface area contributed by atoms with Crippen molar-refractivity contribution in [2.45, 2.75) is 6.54 Å². The first-order chi connectivity index (χ1) is 14.7. The minimum Gasteiger partial charge on any atom is -0.369 e. The molecule has 0 saturated heterocycles. The van der Waals surface area contributed by atoms with Crippen molar-refractivity contribution in [3.05, 3.63) is 96.3 Å². The van der Waals surface area contributed by atoms with Crippen LogP contribution < -0.4 is 4.90 Å². The fourth-order valence-corrected chi connectivity index (χ4v) is 3.59. The van der Waals surface area contributed by atoms with E-state index in [4.69, 9.17) is 11.6 Å². The molecule has 7 heteroatoms. The molecule has 0 radical (unpaired) electrons. The highest BCUT2D eigenvalue weighted by molar-refractivity contribution is 6.30. The zero-order valence-corrected chi connectivity index (χ0v) is 17.1. The molecule has 3 aromatic heterocycles. The highest BCUT2D eigenvalue weighted by atomic mass is 35.5. The highest BCUT2D eigenvalue weighted by Gasteiger charge is 2.10. The Balaban J connectivity index is 1.43. The number of rotatable bonds is 5. The minimum absolute atomic E-state index is 0.674. The minimum atomic E-state index is 0.674. The van der Waals surface area contributed by atoms with E-state index < -0.39 is 0 Å². The van der Waals surface area contributed by atoms with Crippen LogP contribution >= 0.6 is 11.6 Å². The number of hydrogen-bond acceptors (Lipinski definition) is 4. The van der Waals surface area contributed by atoms with Gasteiger partial charge in [-0.15, -0.1) is 0 Å². The van der Waals surface area contributed by atoms with Crippen molar-refractivity contribution >= 4 is 22.9 Å². The standard InChI is InChI=1S/C23H19ClN6/c1-28(20-9-5-18(24)6-10-20)15-19-16-29-22(13-26-23(29)14-25-19)17-3-7-21(8-4-17)30-12-2-11-27-30/h2-14,16H,15H2,1H3. The molecule has 0 spiro atoms. The summed E-state index contributed by atoms with van der Waals surface area (Å²) >= 11 is 6.00. The zero-order chi connectivity index (χ0) is 20.5. The number of imidazole rings is 1. The van der Waals surface area contributed by atoms with E-state index in [2.05, 4.69) is 48.6 Å². The maximum Gasteiger partial charge on any atom is 0.155 e. The fraction of sp³-hybridized carbons (Fsp3) is 0.0870. The zero-order valence-electron chi connectivity index (χ0n) is 16.4. The molecule has 0 amide bonds. The summed E-state index contributed by atoms with van der Waals surface area (Å²) in [7, 11) is 2.04. The van der Waals surface area contributed by atoms with Gasteiger partial charge in [-0.3, -0.25) is 9.38 Å². The molecule has 0 aliphatic heterocycles. The lowest BCUT2D eigenvalue weighted by Gasteiger charge is -2.19. The summed E-state index contributed by atoms with van der Waals surface area (Å²) in [6.45, 7) is 0.674. The van der Waals surface area contributed by atoms with Crippen LogP contribution in [0, 0.1) is 0 Å². The molecule has 2 aromatic carbocycles. The Morgan fingerprint density at radius 2 is 1.77 bits per heavy atom. The lowest BCUT2D eigenvalue weighted by Crippen LogP contribution is -2.17. The van der Waals surface area contributed by atoms with Gasteiger partial charge in [0.25, 0.3) is 0 Å². The second-order valence-corrected chi connectivity index (χ2v) is 7.52. The highest BCUT2D eigenvalue weighted by Crippen LogP contribution is 2.23. The molecule has 0 saturated carbocycles. The SMILES string of the molecule is CN(Cc1cn2c(-c3ccc(-n4cccn4)cc3)cnc2cn1)c1ccc(Cl)cc1. The summed E-state index contributed by atoms with van der Waals surface area (Å²) in [5.74, 6) is 0. The van der Waals surface area contributed by atoms with E-state index >= 15 is 0 Å². The van der Waals surface area contributed by atoms with Crippen molar-refractivity contribution < 1.29 is 0 Å². The van der Waals surface area contributed by atoms with Crippen LogP contribution in [0.25, 0.3) is 22.6 Å². The molecule has 148 valence electrons. The van der Waals surface area contributed by atoms with Crippen molar-refractivity contribution in [3.8, 4) is 16.9 Å². The molecule has 0 bridgehead atoms. The fourth-order valence-electron chi connectivity index (χ4n) is 3.46. The first kappa shape index (κ1) is 18.4. The monoisotopic (exact) mass is 414 g/mol. The Labute approximate surface area is 179 Å². The van der Waals surface area contributed by atoms with Crippen molar-refractivity contribution in [1.82, 2.24) is 24.1 Å². The van der Waals surface area contributed by atoms with Crippen LogP contribution in [0.3, 0.4) is 0 Å². The number of hydrogen-bond donors (Lipinski definition) is 0. The Morgan fingerprint density at radius 3 is 2.50 bits per heavy atom. The van der Waals surface area contributed by atoms with E-state index in [0.717, 1.165) is 39.0 Å². The number of benzene rings is 2.